The molecule has 2 rings (SSSR count). The van der Waals surface area contributed by atoms with Crippen LogP contribution in [0.15, 0.2) is 24.3 Å². The van der Waals surface area contributed by atoms with Gasteiger partial charge in [0.15, 0.2) is 0 Å². The molecule has 0 radical (unpaired) electrons. The SMILES string of the molecule is CCC1(C)NC(=O)N(NC(=O)CNc2ccc(Cl)cc2)C1=O. The van der Waals surface area contributed by atoms with Gasteiger partial charge in [-0.05, 0) is 37.6 Å². The predicted molar refractivity (Wildman–Crippen MR) is 82.2 cm³/mol. The lowest BCUT2D eigenvalue weighted by atomic mass is 10.00. The molecule has 3 N–H and O–H groups in total. The second kappa shape index (κ2) is 6.23. The van der Waals surface area contributed by atoms with E-state index >= 15 is 0 Å². The molecule has 22 heavy (non-hydrogen) atoms. The fraction of sp³-hybridized carbons (Fsp3) is 0.357. The first kappa shape index (κ1) is 16.1. The van der Waals surface area contributed by atoms with Crippen molar-refractivity contribution in [2.45, 2.75) is 25.8 Å². The van der Waals surface area contributed by atoms with Gasteiger partial charge in [0, 0.05) is 10.7 Å². The Hall–Kier alpha value is -2.28. The fourth-order valence-electron chi connectivity index (χ4n) is 1.94. The first-order chi connectivity index (χ1) is 10.4. The molecular weight excluding hydrogens is 308 g/mol. The Bertz CT molecular complexity index is 605. The number of amides is 4. The third kappa shape index (κ3) is 3.30. The van der Waals surface area contributed by atoms with Crippen LogP contribution in [-0.4, -0.2) is 34.9 Å². The molecule has 1 atom stereocenters. The number of urea groups is 1. The highest BCUT2D eigenvalue weighted by Crippen LogP contribution is 2.19. The third-order valence-electron chi connectivity index (χ3n) is 3.50. The summed E-state index contributed by atoms with van der Waals surface area (Å²) in [5.41, 5.74) is 2.02. The minimum absolute atomic E-state index is 0.0818. The van der Waals surface area contributed by atoms with Crippen LogP contribution in [-0.2, 0) is 9.59 Å². The van der Waals surface area contributed by atoms with E-state index in [-0.39, 0.29) is 6.54 Å². The second-order valence-electron chi connectivity index (χ2n) is 5.15. The lowest BCUT2D eigenvalue weighted by molar-refractivity contribution is -0.138. The monoisotopic (exact) mass is 324 g/mol. The van der Waals surface area contributed by atoms with Crippen molar-refractivity contribution in [1.82, 2.24) is 15.8 Å². The number of carbonyl (C=O) groups is 3. The van der Waals surface area contributed by atoms with Crippen LogP contribution in [0.25, 0.3) is 0 Å². The molecule has 0 bridgehead atoms. The van der Waals surface area contributed by atoms with E-state index in [4.69, 9.17) is 11.6 Å². The summed E-state index contributed by atoms with van der Waals surface area (Å²) < 4.78 is 0. The zero-order valence-corrected chi connectivity index (χ0v) is 13.0. The minimum Gasteiger partial charge on any atom is -0.376 e. The molecule has 0 aliphatic carbocycles. The van der Waals surface area contributed by atoms with Crippen molar-refractivity contribution in [2.24, 2.45) is 0 Å². The third-order valence-corrected chi connectivity index (χ3v) is 3.75. The Balaban J connectivity index is 1.91. The molecule has 1 aromatic rings. The van der Waals surface area contributed by atoms with Gasteiger partial charge < -0.3 is 10.6 Å². The molecule has 7 nitrogen and oxygen atoms in total. The molecule has 0 aromatic heterocycles. The van der Waals surface area contributed by atoms with Crippen LogP contribution < -0.4 is 16.1 Å². The van der Waals surface area contributed by atoms with Crippen molar-refractivity contribution in [3.05, 3.63) is 29.3 Å². The van der Waals surface area contributed by atoms with Crippen LogP contribution in [0, 0.1) is 0 Å². The lowest BCUT2D eigenvalue weighted by Crippen LogP contribution is -2.50. The summed E-state index contributed by atoms with van der Waals surface area (Å²) in [7, 11) is 0. The lowest BCUT2D eigenvalue weighted by Gasteiger charge is -2.19. The first-order valence-electron chi connectivity index (χ1n) is 6.81. The Labute approximate surface area is 133 Å². The molecule has 1 heterocycles. The Morgan fingerprint density at radius 3 is 2.50 bits per heavy atom. The number of benzene rings is 1. The molecule has 4 amide bonds. The summed E-state index contributed by atoms with van der Waals surface area (Å²) in [6.07, 6.45) is 0.437. The summed E-state index contributed by atoms with van der Waals surface area (Å²) in [6, 6.07) is 6.18. The summed E-state index contributed by atoms with van der Waals surface area (Å²) in [4.78, 5) is 35.7. The van der Waals surface area contributed by atoms with E-state index in [1.807, 2.05) is 0 Å². The van der Waals surface area contributed by atoms with Gasteiger partial charge in [0.1, 0.15) is 5.54 Å². The van der Waals surface area contributed by atoms with E-state index in [2.05, 4.69) is 16.1 Å². The zero-order valence-electron chi connectivity index (χ0n) is 12.3. The van der Waals surface area contributed by atoms with Gasteiger partial charge in [-0.1, -0.05) is 18.5 Å². The summed E-state index contributed by atoms with van der Waals surface area (Å²) in [6.45, 7) is 3.32. The Morgan fingerprint density at radius 2 is 1.95 bits per heavy atom. The smallest absolute Gasteiger partial charge is 0.344 e. The van der Waals surface area contributed by atoms with E-state index in [0.717, 1.165) is 5.01 Å². The van der Waals surface area contributed by atoms with E-state index in [9.17, 15) is 14.4 Å². The highest BCUT2D eigenvalue weighted by molar-refractivity contribution is 6.30. The molecule has 0 spiro atoms. The maximum Gasteiger partial charge on any atom is 0.344 e. The molecule has 118 valence electrons. The molecule has 1 aliphatic heterocycles. The highest BCUT2D eigenvalue weighted by atomic mass is 35.5. The summed E-state index contributed by atoms with van der Waals surface area (Å²) in [5.74, 6) is -0.973. The molecule has 1 aromatic carbocycles. The van der Waals surface area contributed by atoms with Gasteiger partial charge in [0.05, 0.1) is 6.54 Å². The van der Waals surface area contributed by atoms with Crippen LogP contribution in [0.2, 0.25) is 5.02 Å². The minimum atomic E-state index is -0.978. The molecule has 1 saturated heterocycles. The number of anilines is 1. The average Bonchev–Trinajstić information content (AvgIpc) is 2.71. The van der Waals surface area contributed by atoms with Crippen LogP contribution in [0.1, 0.15) is 20.3 Å². The van der Waals surface area contributed by atoms with Crippen molar-refractivity contribution >= 4 is 35.1 Å². The molecule has 1 unspecified atom stereocenters. The number of rotatable bonds is 5. The van der Waals surface area contributed by atoms with Gasteiger partial charge in [-0.15, -0.1) is 0 Å². The van der Waals surface area contributed by atoms with E-state index in [1.54, 1.807) is 38.1 Å². The highest BCUT2D eigenvalue weighted by Gasteiger charge is 2.47. The maximum absolute atomic E-state index is 12.1. The van der Waals surface area contributed by atoms with Crippen LogP contribution >= 0.6 is 11.6 Å². The summed E-state index contributed by atoms with van der Waals surface area (Å²) in [5, 5.41) is 6.73. The molecular formula is C14H17ClN4O3. The number of hydrazine groups is 1. The number of hydrogen-bond acceptors (Lipinski definition) is 4. The van der Waals surface area contributed by atoms with Crippen LogP contribution in [0.3, 0.4) is 0 Å². The Morgan fingerprint density at radius 1 is 1.32 bits per heavy atom. The molecule has 0 saturated carbocycles. The topological polar surface area (TPSA) is 90.5 Å². The van der Waals surface area contributed by atoms with Crippen LogP contribution in [0.4, 0.5) is 10.5 Å². The van der Waals surface area contributed by atoms with Gasteiger partial charge in [0.2, 0.25) is 0 Å². The van der Waals surface area contributed by atoms with Gasteiger partial charge in [-0.3, -0.25) is 15.0 Å². The van der Waals surface area contributed by atoms with E-state index in [0.29, 0.717) is 17.1 Å². The number of nitrogens with zero attached hydrogens (tertiary/aromatic N) is 1. The largest absolute Gasteiger partial charge is 0.376 e. The van der Waals surface area contributed by atoms with Crippen molar-refractivity contribution < 1.29 is 14.4 Å². The maximum atomic E-state index is 12.1. The van der Waals surface area contributed by atoms with Crippen LogP contribution in [0.5, 0.6) is 0 Å². The predicted octanol–water partition coefficient (Wildman–Crippen LogP) is 1.50. The molecule has 8 heteroatoms. The standard InChI is InChI=1S/C14H17ClN4O3/c1-3-14(2)12(21)19(13(22)17-14)18-11(20)8-16-10-6-4-9(15)5-7-10/h4-7,16H,3,8H2,1-2H3,(H,17,22)(H,18,20). The second-order valence-corrected chi connectivity index (χ2v) is 5.59. The summed E-state index contributed by atoms with van der Waals surface area (Å²) >= 11 is 5.76. The first-order valence-corrected chi connectivity index (χ1v) is 7.19. The van der Waals surface area contributed by atoms with E-state index < -0.39 is 23.4 Å². The van der Waals surface area contributed by atoms with Crippen molar-refractivity contribution in [1.29, 1.82) is 0 Å². The van der Waals surface area contributed by atoms with Crippen molar-refractivity contribution in [2.75, 3.05) is 11.9 Å². The van der Waals surface area contributed by atoms with Gasteiger partial charge in [0.25, 0.3) is 11.8 Å². The number of halogens is 1. The zero-order chi connectivity index (χ0) is 16.3. The van der Waals surface area contributed by atoms with Gasteiger partial charge >= 0.3 is 6.03 Å². The van der Waals surface area contributed by atoms with Crippen molar-refractivity contribution in [3.8, 4) is 0 Å². The van der Waals surface area contributed by atoms with E-state index in [1.165, 1.54) is 0 Å². The fourth-order valence-corrected chi connectivity index (χ4v) is 2.07. The average molecular weight is 325 g/mol. The van der Waals surface area contributed by atoms with Gasteiger partial charge in [-0.25, -0.2) is 4.79 Å². The number of hydrogen-bond donors (Lipinski definition) is 3. The number of imide groups is 1. The number of nitrogens with one attached hydrogen (secondary N) is 3. The normalized spacial score (nSPS) is 20.8. The molecule has 1 fully saturated rings. The Kier molecular flexibility index (Phi) is 4.56. The quantitative estimate of drug-likeness (QED) is 0.716. The molecule has 1 aliphatic rings. The number of carbonyl (C=O) groups excluding carboxylic acids is 3. The van der Waals surface area contributed by atoms with Gasteiger partial charge in [-0.2, -0.15) is 5.01 Å². The van der Waals surface area contributed by atoms with Crippen molar-refractivity contribution in [3.63, 3.8) is 0 Å².